The largest absolute Gasteiger partial charge is 0.481 e. The lowest BCUT2D eigenvalue weighted by atomic mass is 9.82. The number of amides is 1. The second kappa shape index (κ2) is 7.11. The number of carbonyl (C=O) groups excluding carboxylic acids is 2. The first kappa shape index (κ1) is 18.2. The highest BCUT2D eigenvalue weighted by Gasteiger charge is 2.51. The Bertz CT molecular complexity index is 827. The van der Waals surface area contributed by atoms with Crippen LogP contribution in [0.3, 0.4) is 0 Å². The van der Waals surface area contributed by atoms with Crippen LogP contribution < -0.4 is 5.32 Å². The smallest absolute Gasteiger partial charge is 0.341 e. The maximum Gasteiger partial charge on any atom is 0.341 e. The Morgan fingerprint density at radius 1 is 1.22 bits per heavy atom. The Balaban J connectivity index is 1.59. The highest BCUT2D eigenvalue weighted by atomic mass is 32.1. The van der Waals surface area contributed by atoms with Crippen LogP contribution in [0.2, 0.25) is 0 Å². The Kier molecular flexibility index (Phi) is 4.80. The number of thiophene rings is 1. The monoisotopic (exact) mass is 389 g/mol. The van der Waals surface area contributed by atoms with Crippen molar-refractivity contribution in [3.8, 4) is 0 Å². The average Bonchev–Trinajstić information content (AvgIpc) is 3.38. The number of nitrogens with one attached hydrogen (secondary N) is 1. The van der Waals surface area contributed by atoms with Crippen molar-refractivity contribution in [2.75, 3.05) is 11.9 Å². The number of hydrogen-bond acceptors (Lipinski definition) is 5. The SMILES string of the molecule is CCCOC(=O)c1c(NC(=O)[C@H]2[C@@H](C(=O)O)[C@H]3C=C[C@H]2C3)sc2c1CCC2. The summed E-state index contributed by atoms with van der Waals surface area (Å²) in [7, 11) is 0. The number of aryl methyl sites for hydroxylation is 1. The molecule has 0 radical (unpaired) electrons. The van der Waals surface area contributed by atoms with Gasteiger partial charge in [0.15, 0.2) is 0 Å². The standard InChI is InChI=1S/C20H23NO5S/c1-2-8-26-20(25)16-12-4-3-5-13(12)27-18(16)21-17(22)14-10-6-7-11(9-10)15(14)19(23)24/h6-7,10-11,14-15H,2-5,8-9H2,1H3,(H,21,22)(H,23,24)/t10-,11-,14+,15-/m0/s1. The zero-order chi connectivity index (χ0) is 19.1. The maximum absolute atomic E-state index is 13.0. The molecule has 2 bridgehead atoms. The van der Waals surface area contributed by atoms with Gasteiger partial charge in [0, 0.05) is 4.88 Å². The van der Waals surface area contributed by atoms with Crippen molar-refractivity contribution in [3.05, 3.63) is 28.2 Å². The summed E-state index contributed by atoms with van der Waals surface area (Å²) in [6.45, 7) is 2.28. The van der Waals surface area contributed by atoms with E-state index in [-0.39, 0.29) is 17.7 Å². The van der Waals surface area contributed by atoms with Crippen LogP contribution in [0.15, 0.2) is 12.2 Å². The average molecular weight is 389 g/mol. The molecular formula is C20H23NO5S. The van der Waals surface area contributed by atoms with Crippen LogP contribution >= 0.6 is 11.3 Å². The maximum atomic E-state index is 13.0. The summed E-state index contributed by atoms with van der Waals surface area (Å²) in [5, 5.41) is 13.0. The van der Waals surface area contributed by atoms with Crippen LogP contribution in [0.5, 0.6) is 0 Å². The summed E-state index contributed by atoms with van der Waals surface area (Å²) in [6.07, 6.45) is 8.03. The minimum absolute atomic E-state index is 0.0431. The number of fused-ring (bicyclic) bond motifs is 3. The molecule has 4 atom stereocenters. The van der Waals surface area contributed by atoms with Gasteiger partial charge in [-0.15, -0.1) is 11.3 Å². The van der Waals surface area contributed by atoms with E-state index in [1.54, 1.807) is 0 Å². The Morgan fingerprint density at radius 2 is 1.96 bits per heavy atom. The number of carboxylic acid groups (broad SMARTS) is 1. The van der Waals surface area contributed by atoms with E-state index in [1.807, 2.05) is 19.1 Å². The molecule has 0 aromatic carbocycles. The molecule has 1 amide bonds. The highest BCUT2D eigenvalue weighted by Crippen LogP contribution is 2.49. The molecule has 144 valence electrons. The van der Waals surface area contributed by atoms with E-state index in [9.17, 15) is 19.5 Å². The molecule has 4 rings (SSSR count). The number of rotatable bonds is 6. The minimum Gasteiger partial charge on any atom is -0.481 e. The van der Waals surface area contributed by atoms with Crippen molar-refractivity contribution in [2.24, 2.45) is 23.7 Å². The number of ether oxygens (including phenoxy) is 1. The number of allylic oxidation sites excluding steroid dienone is 2. The predicted molar refractivity (Wildman–Crippen MR) is 101 cm³/mol. The molecule has 3 aliphatic carbocycles. The second-order valence-corrected chi connectivity index (χ2v) is 8.63. The van der Waals surface area contributed by atoms with Gasteiger partial charge in [-0.3, -0.25) is 9.59 Å². The van der Waals surface area contributed by atoms with Gasteiger partial charge in [0.2, 0.25) is 5.91 Å². The van der Waals surface area contributed by atoms with Crippen LogP contribution in [0.1, 0.15) is 47.0 Å². The molecular weight excluding hydrogens is 366 g/mol. The van der Waals surface area contributed by atoms with Crippen molar-refractivity contribution in [1.29, 1.82) is 0 Å². The fourth-order valence-electron chi connectivity index (χ4n) is 4.69. The van der Waals surface area contributed by atoms with Crippen LogP contribution in [0, 0.1) is 23.7 Å². The zero-order valence-corrected chi connectivity index (χ0v) is 16.0. The third-order valence-electron chi connectivity index (χ3n) is 5.85. The Morgan fingerprint density at radius 3 is 2.67 bits per heavy atom. The van der Waals surface area contributed by atoms with E-state index < -0.39 is 23.8 Å². The van der Waals surface area contributed by atoms with Gasteiger partial charge in [-0.05, 0) is 49.5 Å². The zero-order valence-electron chi connectivity index (χ0n) is 15.2. The van der Waals surface area contributed by atoms with Crippen molar-refractivity contribution in [1.82, 2.24) is 0 Å². The van der Waals surface area contributed by atoms with E-state index in [4.69, 9.17) is 4.74 Å². The molecule has 0 unspecified atom stereocenters. The summed E-state index contributed by atoms with van der Waals surface area (Å²) in [5.74, 6) is -3.03. The van der Waals surface area contributed by atoms with E-state index >= 15 is 0 Å². The lowest BCUT2D eigenvalue weighted by Crippen LogP contribution is -2.36. The minimum atomic E-state index is -0.928. The third kappa shape index (κ3) is 3.08. The second-order valence-electron chi connectivity index (χ2n) is 7.52. The molecule has 0 saturated heterocycles. The van der Waals surface area contributed by atoms with Crippen LogP contribution in [0.25, 0.3) is 0 Å². The van der Waals surface area contributed by atoms with Crippen molar-refractivity contribution < 1.29 is 24.2 Å². The van der Waals surface area contributed by atoms with E-state index in [0.29, 0.717) is 23.6 Å². The number of carbonyl (C=O) groups is 3. The summed E-state index contributed by atoms with van der Waals surface area (Å²) < 4.78 is 5.33. The number of aliphatic carboxylic acids is 1. The van der Waals surface area contributed by atoms with Crippen LogP contribution in [-0.4, -0.2) is 29.6 Å². The molecule has 7 heteroatoms. The van der Waals surface area contributed by atoms with Gasteiger partial charge in [0.05, 0.1) is 24.0 Å². The van der Waals surface area contributed by atoms with Crippen LogP contribution in [0.4, 0.5) is 5.00 Å². The lowest BCUT2D eigenvalue weighted by molar-refractivity contribution is -0.146. The number of hydrogen-bond donors (Lipinski definition) is 2. The van der Waals surface area contributed by atoms with Gasteiger partial charge >= 0.3 is 11.9 Å². The number of anilines is 1. The predicted octanol–water partition coefficient (Wildman–Crippen LogP) is 3.27. The Hall–Kier alpha value is -2.15. The molecule has 0 aliphatic heterocycles. The molecule has 1 fully saturated rings. The lowest BCUT2D eigenvalue weighted by Gasteiger charge is -2.23. The molecule has 1 saturated carbocycles. The van der Waals surface area contributed by atoms with Gasteiger partial charge in [-0.1, -0.05) is 19.1 Å². The highest BCUT2D eigenvalue weighted by molar-refractivity contribution is 7.17. The van der Waals surface area contributed by atoms with E-state index in [2.05, 4.69) is 5.32 Å². The van der Waals surface area contributed by atoms with Crippen molar-refractivity contribution >= 4 is 34.2 Å². The summed E-state index contributed by atoms with van der Waals surface area (Å²) in [4.78, 5) is 38.4. The molecule has 27 heavy (non-hydrogen) atoms. The molecule has 6 nitrogen and oxygen atoms in total. The Labute approximate surface area is 161 Å². The van der Waals surface area contributed by atoms with E-state index in [1.165, 1.54) is 11.3 Å². The first-order chi connectivity index (χ1) is 13.0. The van der Waals surface area contributed by atoms with Gasteiger partial charge in [-0.2, -0.15) is 0 Å². The first-order valence-electron chi connectivity index (χ1n) is 9.55. The summed E-state index contributed by atoms with van der Waals surface area (Å²) in [6, 6.07) is 0. The molecule has 2 N–H and O–H groups in total. The van der Waals surface area contributed by atoms with Crippen molar-refractivity contribution in [3.63, 3.8) is 0 Å². The van der Waals surface area contributed by atoms with Gasteiger partial charge in [0.25, 0.3) is 0 Å². The molecule has 0 spiro atoms. The normalized spacial score (nSPS) is 27.6. The van der Waals surface area contributed by atoms with Gasteiger partial charge < -0.3 is 15.2 Å². The van der Waals surface area contributed by atoms with E-state index in [0.717, 1.165) is 36.1 Å². The quantitative estimate of drug-likeness (QED) is 0.575. The molecule has 1 aromatic rings. The first-order valence-corrected chi connectivity index (χ1v) is 10.4. The fraction of sp³-hybridized carbons (Fsp3) is 0.550. The van der Waals surface area contributed by atoms with Crippen LogP contribution in [-0.2, 0) is 27.2 Å². The van der Waals surface area contributed by atoms with Gasteiger partial charge in [-0.25, -0.2) is 4.79 Å². The summed E-state index contributed by atoms with van der Waals surface area (Å²) in [5.41, 5.74) is 1.46. The molecule has 1 aromatic heterocycles. The molecule has 1 heterocycles. The van der Waals surface area contributed by atoms with Crippen molar-refractivity contribution in [2.45, 2.75) is 39.0 Å². The summed E-state index contributed by atoms with van der Waals surface area (Å²) >= 11 is 1.43. The topological polar surface area (TPSA) is 92.7 Å². The third-order valence-corrected chi connectivity index (χ3v) is 7.05. The van der Waals surface area contributed by atoms with Gasteiger partial charge in [0.1, 0.15) is 5.00 Å². The molecule has 3 aliphatic rings. The number of carboxylic acids is 1. The fourth-order valence-corrected chi connectivity index (χ4v) is 5.97. The number of esters is 1.